The van der Waals surface area contributed by atoms with Gasteiger partial charge in [0, 0.05) is 32.6 Å². The van der Waals surface area contributed by atoms with Crippen molar-refractivity contribution in [3.05, 3.63) is 47.5 Å². The molecule has 7 heteroatoms. The first-order valence-corrected chi connectivity index (χ1v) is 11.2. The Morgan fingerprint density at radius 3 is 2.52 bits per heavy atom. The molecule has 1 heterocycles. The smallest absolute Gasteiger partial charge is 0.233 e. The summed E-state index contributed by atoms with van der Waals surface area (Å²) >= 11 is 0. The van der Waals surface area contributed by atoms with Crippen molar-refractivity contribution in [1.29, 1.82) is 0 Å². The minimum Gasteiger partial charge on any atom is -0.356 e. The first kappa shape index (κ1) is 22.3. The number of nitrogens with one attached hydrogen (secondary N) is 2. The van der Waals surface area contributed by atoms with Gasteiger partial charge in [0.05, 0.1) is 11.8 Å². The molecular weight excluding hydrogens is 503 g/mol. The van der Waals surface area contributed by atoms with Crippen molar-refractivity contribution in [2.45, 2.75) is 31.6 Å². The Hall–Kier alpha value is -1.90. The fourth-order valence-electron chi connectivity index (χ4n) is 5.98. The van der Waals surface area contributed by atoms with Gasteiger partial charge in [-0.2, -0.15) is 0 Å². The number of nitrogens with zero attached hydrogens (tertiary/aromatic N) is 2. The van der Waals surface area contributed by atoms with Crippen LogP contribution in [0.5, 0.6) is 0 Å². The average Bonchev–Trinajstić information content (AvgIpc) is 3.45. The summed E-state index contributed by atoms with van der Waals surface area (Å²) in [7, 11) is 1.75. The van der Waals surface area contributed by atoms with E-state index in [-0.39, 0.29) is 59.5 Å². The fraction of sp³-hybridized carbons (Fsp3) is 0.542. The lowest BCUT2D eigenvalue weighted by atomic mass is 9.83. The second-order valence-corrected chi connectivity index (χ2v) is 9.00. The van der Waals surface area contributed by atoms with Crippen LogP contribution < -0.4 is 10.6 Å². The predicted molar refractivity (Wildman–Crippen MR) is 131 cm³/mol. The quantitative estimate of drug-likeness (QED) is 0.200. The minimum atomic E-state index is -0.115. The molecule has 5 atom stereocenters. The Morgan fingerprint density at radius 2 is 1.81 bits per heavy atom. The van der Waals surface area contributed by atoms with Crippen LogP contribution in [0.25, 0.3) is 0 Å². The molecule has 31 heavy (non-hydrogen) atoms. The lowest BCUT2D eigenvalue weighted by molar-refractivity contribution is -0.140. The summed E-state index contributed by atoms with van der Waals surface area (Å²) in [5, 5.41) is 6.71. The lowest BCUT2D eigenvalue weighted by Gasteiger charge is -2.26. The first-order valence-electron chi connectivity index (χ1n) is 11.2. The number of halogens is 1. The van der Waals surface area contributed by atoms with E-state index < -0.39 is 0 Å². The van der Waals surface area contributed by atoms with Crippen LogP contribution in [0.1, 0.15) is 36.3 Å². The highest BCUT2D eigenvalue weighted by Crippen LogP contribution is 2.52. The third-order valence-corrected chi connectivity index (χ3v) is 7.42. The number of aliphatic imine (C=N–C) groups is 1. The molecule has 1 aromatic carbocycles. The Bertz CT molecular complexity index is 885. The Morgan fingerprint density at radius 1 is 1.10 bits per heavy atom. The molecular formula is C24H31IN4O2. The van der Waals surface area contributed by atoms with E-state index in [1.165, 1.54) is 28.9 Å². The molecule has 2 N–H and O–H groups in total. The normalized spacial score (nSPS) is 30.8. The number of likely N-dealkylation sites (tertiary alicyclic amines) is 1. The third kappa shape index (κ3) is 4.01. The number of hydrogen-bond donors (Lipinski definition) is 2. The predicted octanol–water partition coefficient (Wildman–Crippen LogP) is 2.70. The zero-order valence-corrected chi connectivity index (χ0v) is 20.3. The van der Waals surface area contributed by atoms with E-state index in [4.69, 9.17) is 0 Å². The summed E-state index contributed by atoms with van der Waals surface area (Å²) in [5.74, 6) is 1.55. The number of carbonyl (C=O) groups excluding carboxylic acids is 2. The SMILES string of the molecule is CN=C(NCCN1C(=O)C2C3C=CC(C3)C2C1=O)NCC1CCCc2ccccc21.I. The van der Waals surface area contributed by atoms with Gasteiger partial charge in [-0.1, -0.05) is 36.4 Å². The second-order valence-electron chi connectivity index (χ2n) is 9.00. The molecule has 1 saturated heterocycles. The molecule has 0 aromatic heterocycles. The van der Waals surface area contributed by atoms with Crippen molar-refractivity contribution in [2.75, 3.05) is 26.7 Å². The van der Waals surface area contributed by atoms with Crippen LogP contribution in [-0.4, -0.2) is 49.4 Å². The summed E-state index contributed by atoms with van der Waals surface area (Å²) in [6, 6.07) is 8.70. The van der Waals surface area contributed by atoms with Gasteiger partial charge in [-0.3, -0.25) is 19.5 Å². The standard InChI is InChI=1S/C24H30N4O2.HI/c1-25-24(27-14-18-7-4-6-15-5-2-3-8-19(15)18)26-11-12-28-22(29)20-16-9-10-17(13-16)21(20)23(28)30;/h2-3,5,8-10,16-18,20-21H,4,6-7,11-14H2,1H3,(H2,25,26,27);1H. The minimum absolute atomic E-state index is 0. The van der Waals surface area contributed by atoms with E-state index in [1.54, 1.807) is 7.05 Å². The zero-order chi connectivity index (χ0) is 20.7. The number of amides is 2. The highest BCUT2D eigenvalue weighted by molar-refractivity contribution is 14.0. The van der Waals surface area contributed by atoms with E-state index >= 15 is 0 Å². The third-order valence-electron chi connectivity index (χ3n) is 7.42. The first-order chi connectivity index (χ1) is 14.7. The van der Waals surface area contributed by atoms with Crippen molar-refractivity contribution in [2.24, 2.45) is 28.7 Å². The van der Waals surface area contributed by atoms with Gasteiger partial charge in [0.2, 0.25) is 11.8 Å². The maximum absolute atomic E-state index is 12.8. The molecule has 166 valence electrons. The van der Waals surface area contributed by atoms with E-state index in [2.05, 4.69) is 52.0 Å². The van der Waals surface area contributed by atoms with Gasteiger partial charge in [-0.15, -0.1) is 24.0 Å². The molecule has 1 saturated carbocycles. The van der Waals surface area contributed by atoms with E-state index in [1.807, 2.05) is 0 Å². The zero-order valence-electron chi connectivity index (χ0n) is 17.9. The molecule has 0 spiro atoms. The summed E-state index contributed by atoms with van der Waals surface area (Å²) in [6.07, 6.45) is 8.79. The molecule has 5 unspecified atom stereocenters. The molecule has 6 nitrogen and oxygen atoms in total. The molecule has 2 fully saturated rings. The summed E-state index contributed by atoms with van der Waals surface area (Å²) in [5.41, 5.74) is 2.90. The maximum atomic E-state index is 12.8. The fourth-order valence-corrected chi connectivity index (χ4v) is 5.98. The van der Waals surface area contributed by atoms with Crippen LogP contribution in [0.15, 0.2) is 41.4 Å². The number of imide groups is 1. The van der Waals surface area contributed by atoms with E-state index in [0.717, 1.165) is 25.3 Å². The van der Waals surface area contributed by atoms with Crippen LogP contribution in [0.3, 0.4) is 0 Å². The van der Waals surface area contributed by atoms with Gasteiger partial charge < -0.3 is 10.6 Å². The van der Waals surface area contributed by atoms with Crippen LogP contribution in [-0.2, 0) is 16.0 Å². The summed E-state index contributed by atoms with van der Waals surface area (Å²) in [6.45, 7) is 1.75. The van der Waals surface area contributed by atoms with Gasteiger partial charge in [0.15, 0.2) is 5.96 Å². The molecule has 1 aromatic rings. The van der Waals surface area contributed by atoms with Crippen molar-refractivity contribution in [1.82, 2.24) is 15.5 Å². The maximum Gasteiger partial charge on any atom is 0.233 e. The number of guanidine groups is 1. The Labute approximate surface area is 201 Å². The molecule has 0 radical (unpaired) electrons. The topological polar surface area (TPSA) is 73.8 Å². The van der Waals surface area contributed by atoms with Crippen molar-refractivity contribution in [3.8, 4) is 0 Å². The van der Waals surface area contributed by atoms with Crippen LogP contribution in [0.2, 0.25) is 0 Å². The number of allylic oxidation sites excluding steroid dienone is 2. The van der Waals surface area contributed by atoms with Gasteiger partial charge in [-0.25, -0.2) is 0 Å². The van der Waals surface area contributed by atoms with Crippen LogP contribution in [0.4, 0.5) is 0 Å². The molecule has 2 amide bonds. The van der Waals surface area contributed by atoms with E-state index in [9.17, 15) is 9.59 Å². The van der Waals surface area contributed by atoms with Gasteiger partial charge in [0.1, 0.15) is 0 Å². The molecule has 2 bridgehead atoms. The molecule has 5 rings (SSSR count). The number of fused-ring (bicyclic) bond motifs is 6. The lowest BCUT2D eigenvalue weighted by Crippen LogP contribution is -2.44. The molecule has 4 aliphatic rings. The van der Waals surface area contributed by atoms with Gasteiger partial charge in [-0.05, 0) is 48.6 Å². The van der Waals surface area contributed by atoms with E-state index in [0.29, 0.717) is 19.0 Å². The van der Waals surface area contributed by atoms with Gasteiger partial charge >= 0.3 is 0 Å². The number of aryl methyl sites for hydroxylation is 1. The van der Waals surface area contributed by atoms with Crippen LogP contribution in [0, 0.1) is 23.7 Å². The Kier molecular flexibility index (Phi) is 6.69. The number of carbonyl (C=O) groups is 2. The highest BCUT2D eigenvalue weighted by atomic mass is 127. The second kappa shape index (κ2) is 9.30. The number of rotatable bonds is 5. The Balaban J connectivity index is 0.00000231. The van der Waals surface area contributed by atoms with Gasteiger partial charge in [0.25, 0.3) is 0 Å². The van der Waals surface area contributed by atoms with Crippen LogP contribution >= 0.6 is 24.0 Å². The molecule has 3 aliphatic carbocycles. The monoisotopic (exact) mass is 534 g/mol. The average molecular weight is 534 g/mol. The highest BCUT2D eigenvalue weighted by Gasteiger charge is 2.58. The summed E-state index contributed by atoms with van der Waals surface area (Å²) < 4.78 is 0. The summed E-state index contributed by atoms with van der Waals surface area (Å²) in [4.78, 5) is 31.3. The van der Waals surface area contributed by atoms with Crippen molar-refractivity contribution in [3.63, 3.8) is 0 Å². The number of benzene rings is 1. The van der Waals surface area contributed by atoms with Crippen molar-refractivity contribution >= 4 is 41.8 Å². The number of hydrogen-bond acceptors (Lipinski definition) is 3. The van der Waals surface area contributed by atoms with Crippen molar-refractivity contribution < 1.29 is 9.59 Å². The largest absolute Gasteiger partial charge is 0.356 e. The molecule has 1 aliphatic heterocycles.